The van der Waals surface area contributed by atoms with Crippen LogP contribution in [0.3, 0.4) is 0 Å². The Morgan fingerprint density at radius 2 is 2.09 bits per heavy atom. The molecule has 182 valence electrons. The van der Waals surface area contributed by atoms with E-state index in [1.807, 2.05) is 50.4 Å². The van der Waals surface area contributed by atoms with E-state index in [2.05, 4.69) is 34.7 Å². The minimum absolute atomic E-state index is 0.138. The van der Waals surface area contributed by atoms with Gasteiger partial charge in [0.2, 0.25) is 0 Å². The molecule has 1 aromatic heterocycles. The molecule has 5 nitrogen and oxygen atoms in total. The van der Waals surface area contributed by atoms with Crippen molar-refractivity contribution in [3.05, 3.63) is 50.1 Å². The summed E-state index contributed by atoms with van der Waals surface area (Å²) in [6.45, 7) is 8.99. The molecule has 0 spiro atoms. The van der Waals surface area contributed by atoms with Crippen LogP contribution in [-0.4, -0.2) is 47.4 Å². The fraction of sp³-hybridized carbons (Fsp3) is 0.481. The van der Waals surface area contributed by atoms with Gasteiger partial charge >= 0.3 is 11.8 Å². The minimum atomic E-state index is -0.459. The molecule has 2 aromatic rings. The average molecular weight is 546 g/mol. The summed E-state index contributed by atoms with van der Waals surface area (Å²) in [6.07, 6.45) is 2.83. The van der Waals surface area contributed by atoms with Gasteiger partial charge in [-0.2, -0.15) is 0 Å². The normalized spacial score (nSPS) is 15.2. The van der Waals surface area contributed by atoms with Crippen LogP contribution in [0.5, 0.6) is 5.75 Å². The number of hydrogen-bond donors (Lipinski definition) is 0. The van der Waals surface area contributed by atoms with Crippen LogP contribution in [0, 0.1) is 11.8 Å². The number of fused-ring (bicyclic) bond motifs is 1. The molecule has 0 radical (unpaired) electrons. The van der Waals surface area contributed by atoms with Crippen molar-refractivity contribution in [2.75, 3.05) is 20.2 Å². The van der Waals surface area contributed by atoms with Gasteiger partial charge in [-0.1, -0.05) is 24.8 Å². The average Bonchev–Trinajstić information content (AvgIpc) is 3.32. The summed E-state index contributed by atoms with van der Waals surface area (Å²) < 4.78 is 6.29. The Kier molecular flexibility index (Phi) is 8.83. The van der Waals surface area contributed by atoms with Gasteiger partial charge in [-0.05, 0) is 90.7 Å². The molecule has 1 aliphatic rings. The Balaban J connectivity index is 1.73. The number of methoxy groups -OCH3 is 1. The van der Waals surface area contributed by atoms with E-state index in [1.54, 1.807) is 28.2 Å². The lowest BCUT2D eigenvalue weighted by molar-refractivity contribution is -0.156. The first-order valence-corrected chi connectivity index (χ1v) is 13.4. The lowest BCUT2D eigenvalue weighted by atomic mass is 9.90. The van der Waals surface area contributed by atoms with Gasteiger partial charge in [0.1, 0.15) is 5.75 Å². The molecular weight excluding hydrogens is 512 g/mol. The number of carbonyl (C=O) groups excluding carboxylic acids is 2. The summed E-state index contributed by atoms with van der Waals surface area (Å²) in [7, 11) is 1.65. The van der Waals surface area contributed by atoms with Crippen molar-refractivity contribution in [2.45, 2.75) is 65.0 Å². The molecule has 34 heavy (non-hydrogen) atoms. The van der Waals surface area contributed by atoms with Crippen LogP contribution in [0.1, 0.15) is 69.0 Å². The van der Waals surface area contributed by atoms with Crippen LogP contribution in [-0.2, 0) is 16.0 Å². The van der Waals surface area contributed by atoms with Crippen LogP contribution in [0.2, 0.25) is 0 Å². The summed E-state index contributed by atoms with van der Waals surface area (Å²) in [5.74, 6) is 6.25. The van der Waals surface area contributed by atoms with Crippen molar-refractivity contribution < 1.29 is 14.3 Å². The van der Waals surface area contributed by atoms with E-state index in [4.69, 9.17) is 4.74 Å². The van der Waals surface area contributed by atoms with E-state index in [-0.39, 0.29) is 6.04 Å². The fourth-order valence-electron chi connectivity index (χ4n) is 4.35. The zero-order valence-electron chi connectivity index (χ0n) is 20.6. The maximum atomic E-state index is 13.5. The van der Waals surface area contributed by atoms with Gasteiger partial charge < -0.3 is 14.5 Å². The quantitative estimate of drug-likeness (QED) is 0.271. The predicted molar refractivity (Wildman–Crippen MR) is 141 cm³/mol. The number of thiophene rings is 1. The molecule has 0 saturated carbocycles. The van der Waals surface area contributed by atoms with Gasteiger partial charge in [-0.15, -0.1) is 11.3 Å². The SMILES string of the molecule is CCC1c2cc(Br)c(OC)cc2CCN1C(=O)C(=O)N(CCCC#Cc1cccs1)C(C)(C)C. The van der Waals surface area contributed by atoms with Crippen molar-refractivity contribution >= 4 is 39.1 Å². The molecule has 0 bridgehead atoms. The standard InChI is InChI=1S/C27H33BrN2O3S/c1-6-23-21-18-22(28)24(33-5)17-19(21)13-15-29(23)25(31)26(32)30(27(2,3)4)14-9-7-8-11-20-12-10-16-34-20/h10,12,16-18,23H,6-7,9,13-15H2,1-5H3. The molecule has 3 rings (SSSR count). The van der Waals surface area contributed by atoms with Crippen LogP contribution >= 0.6 is 27.3 Å². The summed E-state index contributed by atoms with van der Waals surface area (Å²) in [5.41, 5.74) is 1.79. The number of nitrogens with zero attached hydrogens (tertiary/aromatic N) is 2. The Morgan fingerprint density at radius 1 is 1.32 bits per heavy atom. The second-order valence-corrected chi connectivity index (χ2v) is 11.2. The highest BCUT2D eigenvalue weighted by Gasteiger charge is 2.38. The van der Waals surface area contributed by atoms with Gasteiger partial charge in [0, 0.05) is 25.0 Å². The molecule has 0 fully saturated rings. The van der Waals surface area contributed by atoms with E-state index < -0.39 is 17.4 Å². The zero-order valence-corrected chi connectivity index (χ0v) is 23.0. The topological polar surface area (TPSA) is 49.9 Å². The smallest absolute Gasteiger partial charge is 0.312 e. The third kappa shape index (κ3) is 6.03. The first kappa shape index (κ1) is 26.3. The zero-order chi connectivity index (χ0) is 24.9. The number of unbranched alkanes of at least 4 members (excludes halogenated alkanes) is 1. The second kappa shape index (κ2) is 11.4. The minimum Gasteiger partial charge on any atom is -0.496 e. The molecule has 0 N–H and O–H groups in total. The molecule has 2 amide bonds. The van der Waals surface area contributed by atoms with E-state index in [9.17, 15) is 9.59 Å². The van der Waals surface area contributed by atoms with Crippen LogP contribution in [0.4, 0.5) is 0 Å². The van der Waals surface area contributed by atoms with Crippen molar-refractivity contribution in [1.82, 2.24) is 9.80 Å². The summed E-state index contributed by atoms with van der Waals surface area (Å²) in [5, 5.41) is 2.01. The van der Waals surface area contributed by atoms with Crippen molar-refractivity contribution in [3.63, 3.8) is 0 Å². The Hall–Kier alpha value is -2.30. The number of ether oxygens (including phenoxy) is 1. The molecule has 1 aromatic carbocycles. The molecular formula is C27H33BrN2O3S. The Morgan fingerprint density at radius 3 is 2.71 bits per heavy atom. The lowest BCUT2D eigenvalue weighted by Crippen LogP contribution is -2.54. The Bertz CT molecular complexity index is 1080. The molecule has 1 unspecified atom stereocenters. The summed E-state index contributed by atoms with van der Waals surface area (Å²) in [4.78, 5) is 31.4. The first-order valence-electron chi connectivity index (χ1n) is 11.7. The Labute approximate surface area is 215 Å². The summed E-state index contributed by atoms with van der Waals surface area (Å²) >= 11 is 5.19. The van der Waals surface area contributed by atoms with Gasteiger partial charge in [0.25, 0.3) is 0 Å². The van der Waals surface area contributed by atoms with Gasteiger partial charge in [0.05, 0.1) is 22.5 Å². The maximum Gasteiger partial charge on any atom is 0.312 e. The molecule has 1 atom stereocenters. The summed E-state index contributed by atoms with van der Waals surface area (Å²) in [6, 6.07) is 7.90. The van der Waals surface area contributed by atoms with Crippen LogP contribution in [0.15, 0.2) is 34.1 Å². The van der Waals surface area contributed by atoms with E-state index >= 15 is 0 Å². The number of benzene rings is 1. The molecule has 0 aliphatic carbocycles. The first-order chi connectivity index (χ1) is 16.2. The number of hydrogen-bond acceptors (Lipinski definition) is 4. The number of amides is 2. The molecule has 1 aliphatic heterocycles. The highest BCUT2D eigenvalue weighted by molar-refractivity contribution is 9.10. The van der Waals surface area contributed by atoms with Crippen LogP contribution in [0.25, 0.3) is 0 Å². The van der Waals surface area contributed by atoms with Crippen molar-refractivity contribution in [3.8, 4) is 17.6 Å². The van der Waals surface area contributed by atoms with Gasteiger partial charge in [-0.3, -0.25) is 9.59 Å². The number of carbonyl (C=O) groups is 2. The predicted octanol–water partition coefficient (Wildman–Crippen LogP) is 5.81. The monoisotopic (exact) mass is 544 g/mol. The third-order valence-electron chi connectivity index (χ3n) is 6.07. The fourth-order valence-corrected chi connectivity index (χ4v) is 5.46. The third-order valence-corrected chi connectivity index (χ3v) is 7.48. The maximum absolute atomic E-state index is 13.5. The highest BCUT2D eigenvalue weighted by atomic mass is 79.9. The lowest BCUT2D eigenvalue weighted by Gasteiger charge is -2.40. The van der Waals surface area contributed by atoms with Gasteiger partial charge in [0.15, 0.2) is 0 Å². The molecule has 0 saturated heterocycles. The molecule has 7 heteroatoms. The molecule has 2 heterocycles. The van der Waals surface area contributed by atoms with Gasteiger partial charge in [-0.25, -0.2) is 0 Å². The highest BCUT2D eigenvalue weighted by Crippen LogP contribution is 2.38. The van der Waals surface area contributed by atoms with E-state index in [0.717, 1.165) is 33.5 Å². The van der Waals surface area contributed by atoms with E-state index in [1.165, 1.54) is 5.56 Å². The van der Waals surface area contributed by atoms with Crippen molar-refractivity contribution in [1.29, 1.82) is 0 Å². The number of halogens is 1. The van der Waals surface area contributed by atoms with Crippen LogP contribution < -0.4 is 4.74 Å². The van der Waals surface area contributed by atoms with Crippen molar-refractivity contribution in [2.24, 2.45) is 0 Å². The largest absolute Gasteiger partial charge is 0.496 e. The van der Waals surface area contributed by atoms with E-state index in [0.29, 0.717) is 25.9 Å². The second-order valence-electron chi connectivity index (χ2n) is 9.37. The number of rotatable bonds is 5.